The monoisotopic (exact) mass is 410 g/mol. The Hall–Kier alpha value is -2.09. The predicted octanol–water partition coefficient (Wildman–Crippen LogP) is 2.48. The van der Waals surface area contributed by atoms with Gasteiger partial charge in [0.25, 0.3) is 0 Å². The summed E-state index contributed by atoms with van der Waals surface area (Å²) in [7, 11) is -1.82. The van der Waals surface area contributed by atoms with Crippen LogP contribution in [-0.2, 0) is 19.4 Å². The first-order chi connectivity index (χ1) is 13.4. The Balaban J connectivity index is 1.83. The average Bonchev–Trinajstić information content (AvgIpc) is 2.68. The first kappa shape index (κ1) is 22.2. The van der Waals surface area contributed by atoms with Gasteiger partial charge in [-0.15, -0.1) is 0 Å². The van der Waals surface area contributed by atoms with Crippen molar-refractivity contribution in [3.8, 4) is 5.75 Å². The van der Waals surface area contributed by atoms with Gasteiger partial charge in [0.15, 0.2) is 9.84 Å². The third kappa shape index (κ3) is 6.51. The lowest BCUT2D eigenvalue weighted by Crippen LogP contribution is -2.43. The molecule has 0 aromatic heterocycles. The molecule has 1 aliphatic heterocycles. The normalized spacial score (nSPS) is 15.3. The summed E-state index contributed by atoms with van der Waals surface area (Å²) in [5.41, 5.74) is 0.617. The number of anilines is 1. The fourth-order valence-corrected chi connectivity index (χ4v) is 4.64. The number of rotatable bonds is 9. The standard InChI is InChI=1S/C20H30N2O5S/c1-3-4-7-14-28(25,26)15-19(23)22-12-10-16(11-13-22)20(24)21-17-8-5-6-9-18(17)27-2/h5-6,8-9,16H,3-4,7,10-15H2,1-2H3,(H,21,24). The van der Waals surface area contributed by atoms with Crippen LogP contribution in [0, 0.1) is 5.92 Å². The van der Waals surface area contributed by atoms with Crippen LogP contribution in [0.4, 0.5) is 5.69 Å². The van der Waals surface area contributed by atoms with E-state index in [4.69, 9.17) is 4.74 Å². The van der Waals surface area contributed by atoms with E-state index in [9.17, 15) is 18.0 Å². The molecule has 0 unspecified atom stereocenters. The van der Waals surface area contributed by atoms with Crippen molar-refractivity contribution in [2.45, 2.75) is 39.0 Å². The van der Waals surface area contributed by atoms with E-state index < -0.39 is 15.6 Å². The van der Waals surface area contributed by atoms with Crippen LogP contribution in [0.2, 0.25) is 0 Å². The number of carbonyl (C=O) groups is 2. The summed E-state index contributed by atoms with van der Waals surface area (Å²) >= 11 is 0. The van der Waals surface area contributed by atoms with Gasteiger partial charge in [0, 0.05) is 19.0 Å². The molecule has 1 N–H and O–H groups in total. The SMILES string of the molecule is CCCCCS(=O)(=O)CC(=O)N1CCC(C(=O)Nc2ccccc2OC)CC1. The number of hydrogen-bond donors (Lipinski definition) is 1. The number of nitrogens with one attached hydrogen (secondary N) is 1. The molecule has 0 aliphatic carbocycles. The molecule has 1 fully saturated rings. The van der Waals surface area contributed by atoms with Crippen LogP contribution in [0.5, 0.6) is 5.75 Å². The van der Waals surface area contributed by atoms with Gasteiger partial charge in [0.2, 0.25) is 11.8 Å². The Morgan fingerprint density at radius 1 is 1.18 bits per heavy atom. The van der Waals surface area contributed by atoms with Crippen molar-refractivity contribution in [2.24, 2.45) is 5.92 Å². The van der Waals surface area contributed by atoms with Crippen LogP contribution in [0.25, 0.3) is 0 Å². The van der Waals surface area contributed by atoms with E-state index in [1.165, 1.54) is 0 Å². The minimum atomic E-state index is -3.37. The summed E-state index contributed by atoms with van der Waals surface area (Å²) in [6.07, 6.45) is 3.41. The van der Waals surface area contributed by atoms with Crippen molar-refractivity contribution in [3.63, 3.8) is 0 Å². The van der Waals surface area contributed by atoms with E-state index in [1.54, 1.807) is 24.1 Å². The minimum Gasteiger partial charge on any atom is -0.495 e. The number of sulfone groups is 1. The van der Waals surface area contributed by atoms with E-state index in [0.29, 0.717) is 43.8 Å². The maximum atomic E-state index is 12.5. The molecule has 2 amide bonds. The Labute approximate surface area is 167 Å². The van der Waals surface area contributed by atoms with Crippen molar-refractivity contribution in [3.05, 3.63) is 24.3 Å². The summed E-state index contributed by atoms with van der Waals surface area (Å²) in [6.45, 7) is 2.80. The Morgan fingerprint density at radius 2 is 1.86 bits per heavy atom. The van der Waals surface area contributed by atoms with Gasteiger partial charge >= 0.3 is 0 Å². The lowest BCUT2D eigenvalue weighted by atomic mass is 9.96. The summed E-state index contributed by atoms with van der Waals surface area (Å²) in [5.74, 6) is -0.463. The molecule has 8 heteroatoms. The zero-order chi connectivity index (χ0) is 20.6. The maximum absolute atomic E-state index is 12.5. The summed E-state index contributed by atoms with van der Waals surface area (Å²) in [4.78, 5) is 26.4. The fraction of sp³-hybridized carbons (Fsp3) is 0.600. The molecule has 0 spiro atoms. The lowest BCUT2D eigenvalue weighted by molar-refractivity contribution is -0.132. The third-order valence-electron chi connectivity index (χ3n) is 4.99. The number of unbranched alkanes of at least 4 members (excludes halogenated alkanes) is 2. The number of benzene rings is 1. The van der Waals surface area contributed by atoms with Gasteiger partial charge in [0.1, 0.15) is 11.5 Å². The van der Waals surface area contributed by atoms with Crippen LogP contribution >= 0.6 is 0 Å². The molecule has 7 nitrogen and oxygen atoms in total. The zero-order valence-corrected chi connectivity index (χ0v) is 17.5. The van der Waals surface area contributed by atoms with Gasteiger partial charge in [-0.2, -0.15) is 0 Å². The fourth-order valence-electron chi connectivity index (χ4n) is 3.30. The van der Waals surface area contributed by atoms with E-state index in [-0.39, 0.29) is 23.5 Å². The largest absolute Gasteiger partial charge is 0.495 e. The Bertz CT molecular complexity index is 771. The van der Waals surface area contributed by atoms with Crippen molar-refractivity contribution in [1.82, 2.24) is 4.90 Å². The minimum absolute atomic E-state index is 0.0599. The van der Waals surface area contributed by atoms with Gasteiger partial charge in [-0.05, 0) is 31.4 Å². The molecule has 28 heavy (non-hydrogen) atoms. The van der Waals surface area contributed by atoms with E-state index in [0.717, 1.165) is 12.8 Å². The lowest BCUT2D eigenvalue weighted by Gasteiger charge is -2.31. The number of piperidine rings is 1. The number of para-hydroxylation sites is 2. The second kappa shape index (κ2) is 10.5. The van der Waals surface area contributed by atoms with Gasteiger partial charge in [0.05, 0.1) is 18.6 Å². The van der Waals surface area contributed by atoms with E-state index >= 15 is 0 Å². The summed E-state index contributed by atoms with van der Waals surface area (Å²) in [6, 6.07) is 7.20. The highest BCUT2D eigenvalue weighted by molar-refractivity contribution is 7.92. The highest BCUT2D eigenvalue weighted by Gasteiger charge is 2.29. The number of methoxy groups -OCH3 is 1. The first-order valence-electron chi connectivity index (χ1n) is 9.78. The molecule has 1 aromatic carbocycles. The molecule has 0 bridgehead atoms. The van der Waals surface area contributed by atoms with Gasteiger partial charge in [-0.25, -0.2) is 8.42 Å². The summed E-state index contributed by atoms with van der Waals surface area (Å²) < 4.78 is 29.4. The van der Waals surface area contributed by atoms with Crippen LogP contribution in [0.1, 0.15) is 39.0 Å². The molecule has 1 saturated heterocycles. The molecule has 2 rings (SSSR count). The quantitative estimate of drug-likeness (QED) is 0.632. The molecule has 0 radical (unpaired) electrons. The average molecular weight is 411 g/mol. The second-order valence-corrected chi connectivity index (χ2v) is 9.33. The number of hydrogen-bond acceptors (Lipinski definition) is 5. The number of nitrogens with zero attached hydrogens (tertiary/aromatic N) is 1. The van der Waals surface area contributed by atoms with Crippen molar-refractivity contribution in [2.75, 3.05) is 37.0 Å². The van der Waals surface area contributed by atoms with Gasteiger partial charge in [-0.3, -0.25) is 9.59 Å². The zero-order valence-electron chi connectivity index (χ0n) is 16.6. The van der Waals surface area contributed by atoms with E-state index in [2.05, 4.69) is 5.32 Å². The van der Waals surface area contributed by atoms with E-state index in [1.807, 2.05) is 19.1 Å². The molecule has 0 atom stereocenters. The topological polar surface area (TPSA) is 92.8 Å². The summed E-state index contributed by atoms with van der Waals surface area (Å²) in [5, 5.41) is 2.88. The third-order valence-corrected chi connectivity index (χ3v) is 6.58. The highest BCUT2D eigenvalue weighted by atomic mass is 32.2. The van der Waals surface area contributed by atoms with Crippen molar-refractivity contribution >= 4 is 27.3 Å². The number of likely N-dealkylation sites (tertiary alicyclic amines) is 1. The molecule has 156 valence electrons. The smallest absolute Gasteiger partial charge is 0.237 e. The first-order valence-corrected chi connectivity index (χ1v) is 11.6. The van der Waals surface area contributed by atoms with Crippen LogP contribution in [-0.4, -0.2) is 56.8 Å². The maximum Gasteiger partial charge on any atom is 0.237 e. The van der Waals surface area contributed by atoms with Gasteiger partial charge < -0.3 is 15.0 Å². The molecular formula is C20H30N2O5S. The van der Waals surface area contributed by atoms with Crippen molar-refractivity contribution < 1.29 is 22.7 Å². The number of carbonyl (C=O) groups excluding carboxylic acids is 2. The van der Waals surface area contributed by atoms with Crippen LogP contribution in [0.3, 0.4) is 0 Å². The molecular weight excluding hydrogens is 380 g/mol. The van der Waals surface area contributed by atoms with Crippen LogP contribution in [0.15, 0.2) is 24.3 Å². The highest BCUT2D eigenvalue weighted by Crippen LogP contribution is 2.25. The Morgan fingerprint density at radius 3 is 2.50 bits per heavy atom. The Kier molecular flexibility index (Phi) is 8.29. The molecule has 1 aromatic rings. The number of ether oxygens (including phenoxy) is 1. The predicted molar refractivity (Wildman–Crippen MR) is 109 cm³/mol. The second-order valence-electron chi connectivity index (χ2n) is 7.14. The molecule has 1 aliphatic rings. The van der Waals surface area contributed by atoms with Gasteiger partial charge in [-0.1, -0.05) is 31.9 Å². The van der Waals surface area contributed by atoms with Crippen molar-refractivity contribution in [1.29, 1.82) is 0 Å². The van der Waals surface area contributed by atoms with Crippen LogP contribution < -0.4 is 10.1 Å². The number of amides is 2. The molecule has 0 saturated carbocycles. The molecule has 1 heterocycles.